The highest BCUT2D eigenvalue weighted by Crippen LogP contribution is 2.33. The molecule has 0 atom stereocenters. The van der Waals surface area contributed by atoms with E-state index in [1.165, 1.54) is 19.1 Å². The third-order valence-corrected chi connectivity index (χ3v) is 6.10. The normalized spacial score (nSPS) is 11.7. The molecule has 4 nitrogen and oxygen atoms in total. The summed E-state index contributed by atoms with van der Waals surface area (Å²) < 4.78 is 40.3. The van der Waals surface area contributed by atoms with Gasteiger partial charge in [-0.3, -0.25) is 4.79 Å². The summed E-state index contributed by atoms with van der Waals surface area (Å²) >= 11 is 2.26. The van der Waals surface area contributed by atoms with Gasteiger partial charge in [0.1, 0.15) is 5.65 Å². The molecule has 0 radical (unpaired) electrons. The van der Waals surface area contributed by atoms with Crippen LogP contribution in [0, 0.1) is 10.5 Å². The van der Waals surface area contributed by atoms with Crippen LogP contribution < -0.4 is 5.32 Å². The molecular formula is C24H19F3IN3O. The van der Waals surface area contributed by atoms with Gasteiger partial charge in [0.2, 0.25) is 5.91 Å². The summed E-state index contributed by atoms with van der Waals surface area (Å²) in [5.74, 6) is -0.336. The highest BCUT2D eigenvalue weighted by molar-refractivity contribution is 14.1. The highest BCUT2D eigenvalue weighted by Gasteiger charge is 2.32. The van der Waals surface area contributed by atoms with Crippen molar-refractivity contribution < 1.29 is 18.0 Å². The number of benzene rings is 2. The second-order valence-electron chi connectivity index (χ2n) is 7.53. The second kappa shape index (κ2) is 8.93. The number of pyridine rings is 1. The van der Waals surface area contributed by atoms with E-state index in [-0.39, 0.29) is 23.6 Å². The van der Waals surface area contributed by atoms with E-state index in [4.69, 9.17) is 0 Å². The molecule has 32 heavy (non-hydrogen) atoms. The number of carbonyl (C=O) groups is 1. The Hall–Kier alpha value is -2.88. The number of fused-ring (bicyclic) bond motifs is 1. The minimum absolute atomic E-state index is 0.120. The maximum Gasteiger partial charge on any atom is 0.416 e. The van der Waals surface area contributed by atoms with E-state index in [2.05, 4.69) is 43.9 Å². The average molecular weight is 549 g/mol. The third kappa shape index (κ3) is 4.95. The molecule has 0 bridgehead atoms. The molecule has 1 amide bonds. The molecular weight excluding hydrogens is 530 g/mol. The molecule has 2 aromatic heterocycles. The summed E-state index contributed by atoms with van der Waals surface area (Å²) in [6.45, 7) is 1.39. The van der Waals surface area contributed by atoms with E-state index in [0.29, 0.717) is 6.42 Å². The minimum atomic E-state index is -4.46. The first-order valence-electron chi connectivity index (χ1n) is 9.90. The SMILES string of the molecule is Cc1ccc(NC(=O)CCc2cccc(-c3cnc4[nH]cc(I)c4c3)c2)cc1C(F)(F)F. The van der Waals surface area contributed by atoms with Crippen LogP contribution in [0.25, 0.3) is 22.2 Å². The number of hydrogen-bond acceptors (Lipinski definition) is 2. The third-order valence-electron chi connectivity index (χ3n) is 5.21. The minimum Gasteiger partial charge on any atom is -0.345 e. The van der Waals surface area contributed by atoms with E-state index in [0.717, 1.165) is 37.4 Å². The number of carbonyl (C=O) groups excluding carboxylic acids is 1. The maximum atomic E-state index is 13.1. The monoisotopic (exact) mass is 549 g/mol. The van der Waals surface area contributed by atoms with Gasteiger partial charge in [0.05, 0.1) is 5.56 Å². The van der Waals surface area contributed by atoms with Crippen LogP contribution in [-0.2, 0) is 17.4 Å². The molecule has 0 aliphatic rings. The first-order chi connectivity index (χ1) is 15.2. The average Bonchev–Trinajstić information content (AvgIpc) is 3.13. The van der Waals surface area contributed by atoms with Crippen molar-refractivity contribution in [2.24, 2.45) is 0 Å². The van der Waals surface area contributed by atoms with Gasteiger partial charge in [0.25, 0.3) is 0 Å². The van der Waals surface area contributed by atoms with E-state index in [1.807, 2.05) is 30.5 Å². The molecule has 164 valence electrons. The van der Waals surface area contributed by atoms with Crippen LogP contribution in [0.2, 0.25) is 0 Å². The first kappa shape index (κ1) is 22.3. The zero-order valence-corrected chi connectivity index (χ0v) is 19.2. The van der Waals surface area contributed by atoms with Gasteiger partial charge in [-0.05, 0) is 70.8 Å². The van der Waals surface area contributed by atoms with Crippen molar-refractivity contribution in [3.63, 3.8) is 0 Å². The van der Waals surface area contributed by atoms with Gasteiger partial charge in [-0.25, -0.2) is 4.98 Å². The Morgan fingerprint density at radius 1 is 1.12 bits per heavy atom. The number of anilines is 1. The molecule has 4 rings (SSSR count). The fraction of sp³-hybridized carbons (Fsp3) is 0.167. The number of alkyl halides is 3. The Balaban J connectivity index is 1.44. The fourth-order valence-corrected chi connectivity index (χ4v) is 4.09. The summed E-state index contributed by atoms with van der Waals surface area (Å²) in [6, 6.07) is 13.7. The van der Waals surface area contributed by atoms with Crippen molar-refractivity contribution in [1.29, 1.82) is 0 Å². The Morgan fingerprint density at radius 2 is 1.94 bits per heavy atom. The number of nitrogens with one attached hydrogen (secondary N) is 2. The number of nitrogens with zero attached hydrogens (tertiary/aromatic N) is 1. The summed E-state index contributed by atoms with van der Waals surface area (Å²) in [6.07, 6.45) is -0.124. The highest BCUT2D eigenvalue weighted by atomic mass is 127. The summed E-state index contributed by atoms with van der Waals surface area (Å²) in [7, 11) is 0. The van der Waals surface area contributed by atoms with E-state index >= 15 is 0 Å². The quantitative estimate of drug-likeness (QED) is 0.271. The molecule has 0 aliphatic carbocycles. The first-order valence-corrected chi connectivity index (χ1v) is 11.0. The molecule has 0 fully saturated rings. The molecule has 2 aromatic carbocycles. The van der Waals surface area contributed by atoms with Gasteiger partial charge in [-0.15, -0.1) is 0 Å². The predicted molar refractivity (Wildman–Crippen MR) is 127 cm³/mol. The lowest BCUT2D eigenvalue weighted by Gasteiger charge is -2.13. The fourth-order valence-electron chi connectivity index (χ4n) is 3.52. The standard InChI is InChI=1S/C24H19F3IN3O/c1-14-5-7-18(11-20(14)24(25,26)27)31-22(32)8-6-15-3-2-4-16(9-15)17-10-19-21(28)13-30-23(19)29-12-17/h2-5,7,9-13H,6,8H2,1H3,(H,29,30)(H,31,32). The van der Waals surface area contributed by atoms with Gasteiger partial charge in [0, 0.05) is 39.0 Å². The zero-order chi connectivity index (χ0) is 22.9. The van der Waals surface area contributed by atoms with Crippen molar-refractivity contribution in [2.75, 3.05) is 5.32 Å². The topological polar surface area (TPSA) is 57.8 Å². The lowest BCUT2D eigenvalue weighted by molar-refractivity contribution is -0.138. The predicted octanol–water partition coefficient (Wildman–Crippen LogP) is 6.73. The van der Waals surface area contributed by atoms with Crippen molar-refractivity contribution in [3.05, 3.63) is 81.2 Å². The number of rotatable bonds is 5. The number of amides is 1. The summed E-state index contributed by atoms with van der Waals surface area (Å²) in [5, 5.41) is 3.61. The lowest BCUT2D eigenvalue weighted by atomic mass is 10.0. The van der Waals surface area contributed by atoms with E-state index in [1.54, 1.807) is 6.20 Å². The van der Waals surface area contributed by atoms with Gasteiger partial charge >= 0.3 is 6.18 Å². The maximum absolute atomic E-state index is 13.1. The van der Waals surface area contributed by atoms with Crippen LogP contribution in [0.5, 0.6) is 0 Å². The number of aromatic amines is 1. The number of halogens is 4. The van der Waals surface area contributed by atoms with Crippen LogP contribution in [0.3, 0.4) is 0 Å². The molecule has 8 heteroatoms. The van der Waals surface area contributed by atoms with Gasteiger partial charge in [-0.1, -0.05) is 30.3 Å². The Bertz CT molecular complexity index is 1300. The molecule has 4 aromatic rings. The number of hydrogen-bond donors (Lipinski definition) is 2. The van der Waals surface area contributed by atoms with Crippen molar-refractivity contribution in [2.45, 2.75) is 25.9 Å². The zero-order valence-electron chi connectivity index (χ0n) is 17.1. The molecule has 2 N–H and O–H groups in total. The van der Waals surface area contributed by atoms with Crippen molar-refractivity contribution in [1.82, 2.24) is 9.97 Å². The van der Waals surface area contributed by atoms with E-state index < -0.39 is 11.7 Å². The van der Waals surface area contributed by atoms with Crippen LogP contribution in [0.4, 0.5) is 18.9 Å². The molecule has 0 unspecified atom stereocenters. The van der Waals surface area contributed by atoms with Crippen LogP contribution >= 0.6 is 22.6 Å². The molecule has 0 saturated carbocycles. The Morgan fingerprint density at radius 3 is 2.72 bits per heavy atom. The van der Waals surface area contributed by atoms with Crippen LogP contribution in [-0.4, -0.2) is 15.9 Å². The molecule has 0 aliphatic heterocycles. The van der Waals surface area contributed by atoms with Gasteiger partial charge < -0.3 is 10.3 Å². The summed E-state index contributed by atoms with van der Waals surface area (Å²) in [5.41, 5.74) is 3.27. The van der Waals surface area contributed by atoms with Gasteiger partial charge in [0.15, 0.2) is 0 Å². The molecule has 0 saturated heterocycles. The Labute approximate surface area is 196 Å². The number of aryl methyl sites for hydroxylation is 2. The van der Waals surface area contributed by atoms with Crippen LogP contribution in [0.15, 0.2) is 60.9 Å². The largest absolute Gasteiger partial charge is 0.416 e. The molecule has 0 spiro atoms. The Kier molecular flexibility index (Phi) is 6.23. The number of aromatic nitrogens is 2. The van der Waals surface area contributed by atoms with Crippen molar-refractivity contribution >= 4 is 45.2 Å². The number of H-pyrrole nitrogens is 1. The smallest absolute Gasteiger partial charge is 0.345 e. The van der Waals surface area contributed by atoms with Crippen molar-refractivity contribution in [3.8, 4) is 11.1 Å². The second-order valence-corrected chi connectivity index (χ2v) is 8.69. The van der Waals surface area contributed by atoms with Crippen LogP contribution in [0.1, 0.15) is 23.1 Å². The van der Waals surface area contributed by atoms with E-state index in [9.17, 15) is 18.0 Å². The molecule has 2 heterocycles. The lowest BCUT2D eigenvalue weighted by Crippen LogP contribution is -2.14. The summed E-state index contributed by atoms with van der Waals surface area (Å²) in [4.78, 5) is 19.9. The van der Waals surface area contributed by atoms with Gasteiger partial charge in [-0.2, -0.15) is 13.2 Å².